The summed E-state index contributed by atoms with van der Waals surface area (Å²) in [7, 11) is 0. The molecular weight excluding hydrogens is 364 g/mol. The van der Waals surface area contributed by atoms with Gasteiger partial charge in [0.2, 0.25) is 0 Å². The minimum Gasteiger partial charge on any atom is -0.491 e. The van der Waals surface area contributed by atoms with E-state index in [1.54, 1.807) is 18.2 Å². The van der Waals surface area contributed by atoms with Crippen molar-refractivity contribution in [3.05, 3.63) is 49.6 Å². The van der Waals surface area contributed by atoms with Crippen LogP contribution >= 0.6 is 27.5 Å². The van der Waals surface area contributed by atoms with Crippen LogP contribution in [-0.4, -0.2) is 11.5 Å². The number of benzene rings is 1. The molecule has 0 bridgehead atoms. The molecule has 8 heteroatoms. The van der Waals surface area contributed by atoms with Crippen LogP contribution in [0.4, 0.5) is 11.6 Å². The van der Waals surface area contributed by atoms with Crippen LogP contribution in [0.3, 0.4) is 0 Å². The third-order valence-corrected chi connectivity index (χ3v) is 3.38. The highest BCUT2D eigenvalue weighted by molar-refractivity contribution is 9.10. The maximum atomic E-state index is 10.6. The van der Waals surface area contributed by atoms with Crippen LogP contribution < -0.4 is 10.1 Å². The maximum Gasteiger partial charge on any atom is 0.433 e. The largest absolute Gasteiger partial charge is 0.491 e. The van der Waals surface area contributed by atoms with Gasteiger partial charge in [0, 0.05) is 5.02 Å². The Kier molecular flexibility index (Phi) is 5.08. The van der Waals surface area contributed by atoms with Crippen LogP contribution in [0.15, 0.2) is 33.2 Å². The van der Waals surface area contributed by atoms with Crippen LogP contribution in [0.2, 0.25) is 5.02 Å². The second-order valence-electron chi connectivity index (χ2n) is 4.05. The van der Waals surface area contributed by atoms with Gasteiger partial charge in [-0.3, -0.25) is 10.1 Å². The summed E-state index contributed by atoms with van der Waals surface area (Å²) >= 11 is 9.40. The average Bonchev–Trinajstić information content (AvgIpc) is 2.89. The summed E-state index contributed by atoms with van der Waals surface area (Å²) in [5, 5.41) is 14.2. The Balaban J connectivity index is 2.16. The molecule has 0 radical (unpaired) electrons. The number of ether oxygens (including phenoxy) is 1. The molecular formula is C13H12BrClN2O4. The number of nitro groups is 1. The number of nitrogens with zero attached hydrogens (tertiary/aromatic N) is 1. The van der Waals surface area contributed by atoms with Gasteiger partial charge in [0.25, 0.3) is 0 Å². The number of furan rings is 1. The molecule has 0 spiro atoms. The maximum absolute atomic E-state index is 10.6. The molecule has 2 aromatic rings. The van der Waals surface area contributed by atoms with E-state index in [-0.39, 0.29) is 12.4 Å². The second kappa shape index (κ2) is 6.82. The molecule has 0 aliphatic rings. The van der Waals surface area contributed by atoms with E-state index in [1.807, 2.05) is 6.92 Å². The summed E-state index contributed by atoms with van der Waals surface area (Å²) in [6.07, 6.45) is 0. The Morgan fingerprint density at radius 2 is 2.24 bits per heavy atom. The summed E-state index contributed by atoms with van der Waals surface area (Å²) < 4.78 is 11.4. The fourth-order valence-corrected chi connectivity index (χ4v) is 2.65. The zero-order chi connectivity index (χ0) is 15.4. The molecule has 112 valence electrons. The number of rotatable bonds is 6. The summed E-state index contributed by atoms with van der Waals surface area (Å²) in [6.45, 7) is 2.66. The Hall–Kier alpha value is -1.73. The van der Waals surface area contributed by atoms with Gasteiger partial charge in [0.1, 0.15) is 10.7 Å². The molecule has 21 heavy (non-hydrogen) atoms. The lowest BCUT2D eigenvalue weighted by atomic mass is 10.3. The van der Waals surface area contributed by atoms with E-state index in [9.17, 15) is 10.1 Å². The highest BCUT2D eigenvalue weighted by Crippen LogP contribution is 2.37. The molecule has 1 aromatic carbocycles. The first-order chi connectivity index (χ1) is 10.0. The van der Waals surface area contributed by atoms with E-state index in [2.05, 4.69) is 21.2 Å². The minimum atomic E-state index is -0.578. The van der Waals surface area contributed by atoms with Crippen molar-refractivity contribution in [2.75, 3.05) is 11.9 Å². The molecule has 2 rings (SSSR count). The van der Waals surface area contributed by atoms with Crippen molar-refractivity contribution < 1.29 is 14.1 Å². The standard InChI is InChI=1S/C13H12BrClN2O4/c1-2-20-13-10(14)5-8(15)6-11(13)16-7-9-3-4-12(21-9)17(18)19/h3-6,16H,2,7H2,1H3. The van der Waals surface area contributed by atoms with Gasteiger partial charge in [0.15, 0.2) is 5.75 Å². The van der Waals surface area contributed by atoms with E-state index in [1.165, 1.54) is 6.07 Å². The zero-order valence-corrected chi connectivity index (χ0v) is 13.4. The molecule has 0 aliphatic heterocycles. The first-order valence-corrected chi connectivity index (χ1v) is 7.27. The van der Waals surface area contributed by atoms with Crippen LogP contribution in [0, 0.1) is 10.1 Å². The van der Waals surface area contributed by atoms with Crippen molar-refractivity contribution in [1.29, 1.82) is 0 Å². The van der Waals surface area contributed by atoms with Crippen LogP contribution in [0.5, 0.6) is 5.75 Å². The first kappa shape index (κ1) is 15.7. The number of hydrogen-bond acceptors (Lipinski definition) is 5. The normalized spacial score (nSPS) is 10.4. The van der Waals surface area contributed by atoms with Crippen molar-refractivity contribution >= 4 is 39.1 Å². The molecule has 0 aliphatic carbocycles. The number of anilines is 1. The Labute approximate surface area is 134 Å². The predicted octanol–water partition coefficient (Wildman–Crippen LogP) is 4.61. The third kappa shape index (κ3) is 3.89. The van der Waals surface area contributed by atoms with E-state index < -0.39 is 4.92 Å². The van der Waals surface area contributed by atoms with Crippen LogP contribution in [0.25, 0.3) is 0 Å². The Bertz CT molecular complexity index is 660. The van der Waals surface area contributed by atoms with Gasteiger partial charge in [-0.2, -0.15) is 0 Å². The molecule has 6 nitrogen and oxygen atoms in total. The number of nitrogens with one attached hydrogen (secondary N) is 1. The third-order valence-electron chi connectivity index (χ3n) is 2.58. The lowest BCUT2D eigenvalue weighted by Crippen LogP contribution is -2.03. The van der Waals surface area contributed by atoms with E-state index in [4.69, 9.17) is 20.8 Å². The average molecular weight is 376 g/mol. The lowest BCUT2D eigenvalue weighted by molar-refractivity contribution is -0.402. The number of halogens is 2. The van der Waals surface area contributed by atoms with Crippen molar-refractivity contribution in [1.82, 2.24) is 0 Å². The second-order valence-corrected chi connectivity index (χ2v) is 5.34. The molecule has 0 saturated heterocycles. The summed E-state index contributed by atoms with van der Waals surface area (Å²) in [5.41, 5.74) is 0.676. The monoisotopic (exact) mass is 374 g/mol. The SMILES string of the molecule is CCOc1c(Br)cc(Cl)cc1NCc1ccc([N+](=O)[O-])o1. The van der Waals surface area contributed by atoms with E-state index in [0.717, 1.165) is 4.47 Å². The number of hydrogen-bond donors (Lipinski definition) is 1. The topological polar surface area (TPSA) is 77.5 Å². The summed E-state index contributed by atoms with van der Waals surface area (Å²) in [4.78, 5) is 9.99. The molecule has 1 aromatic heterocycles. The minimum absolute atomic E-state index is 0.278. The molecule has 1 heterocycles. The first-order valence-electron chi connectivity index (χ1n) is 6.10. The Morgan fingerprint density at radius 1 is 1.48 bits per heavy atom. The van der Waals surface area contributed by atoms with E-state index in [0.29, 0.717) is 28.8 Å². The zero-order valence-electron chi connectivity index (χ0n) is 11.1. The smallest absolute Gasteiger partial charge is 0.433 e. The van der Waals surface area contributed by atoms with Gasteiger partial charge in [0.05, 0.1) is 29.4 Å². The van der Waals surface area contributed by atoms with Crippen molar-refractivity contribution in [2.45, 2.75) is 13.5 Å². The quantitative estimate of drug-likeness (QED) is 0.589. The van der Waals surface area contributed by atoms with Gasteiger partial charge in [-0.25, -0.2) is 0 Å². The molecule has 0 saturated carbocycles. The van der Waals surface area contributed by atoms with Gasteiger partial charge >= 0.3 is 5.88 Å². The van der Waals surface area contributed by atoms with Gasteiger partial charge in [-0.15, -0.1) is 0 Å². The molecule has 0 fully saturated rings. The fraction of sp³-hybridized carbons (Fsp3) is 0.231. The van der Waals surface area contributed by atoms with Crippen LogP contribution in [0.1, 0.15) is 12.7 Å². The van der Waals surface area contributed by atoms with Crippen molar-refractivity contribution in [3.63, 3.8) is 0 Å². The fourth-order valence-electron chi connectivity index (χ4n) is 1.72. The summed E-state index contributed by atoms with van der Waals surface area (Å²) in [5.74, 6) is 0.785. The van der Waals surface area contributed by atoms with Gasteiger partial charge < -0.3 is 14.5 Å². The van der Waals surface area contributed by atoms with Crippen molar-refractivity contribution in [3.8, 4) is 5.75 Å². The highest BCUT2D eigenvalue weighted by Gasteiger charge is 2.14. The highest BCUT2D eigenvalue weighted by atomic mass is 79.9. The summed E-state index contributed by atoms with van der Waals surface area (Å²) in [6, 6.07) is 6.31. The molecule has 0 unspecified atom stereocenters. The molecule has 1 N–H and O–H groups in total. The molecule has 0 amide bonds. The lowest BCUT2D eigenvalue weighted by Gasteiger charge is -2.13. The van der Waals surface area contributed by atoms with Crippen molar-refractivity contribution in [2.24, 2.45) is 0 Å². The van der Waals surface area contributed by atoms with E-state index >= 15 is 0 Å². The molecule has 0 atom stereocenters. The van der Waals surface area contributed by atoms with Gasteiger partial charge in [-0.1, -0.05) is 11.6 Å². The Morgan fingerprint density at radius 3 is 2.86 bits per heavy atom. The van der Waals surface area contributed by atoms with Gasteiger partial charge in [-0.05, 0) is 41.1 Å². The predicted molar refractivity (Wildman–Crippen MR) is 83.0 cm³/mol. The van der Waals surface area contributed by atoms with Crippen LogP contribution in [-0.2, 0) is 6.54 Å².